The first-order chi connectivity index (χ1) is 31.6. The average Bonchev–Trinajstić information content (AvgIpc) is 3.84. The van der Waals surface area contributed by atoms with Crippen LogP contribution in [0.3, 0.4) is 0 Å². The van der Waals surface area contributed by atoms with E-state index in [9.17, 15) is 24.0 Å². The predicted octanol–water partition coefficient (Wildman–Crippen LogP) is 4.51. The van der Waals surface area contributed by atoms with E-state index in [0.29, 0.717) is 84.0 Å². The summed E-state index contributed by atoms with van der Waals surface area (Å²) in [6, 6.07) is 13.8. The molecule has 19 nitrogen and oxygen atoms in total. The number of hydrogen-bond acceptors (Lipinski definition) is 15. The Morgan fingerprint density at radius 1 is 0.800 bits per heavy atom. The topological polar surface area (TPSA) is 224 Å². The van der Waals surface area contributed by atoms with Crippen LogP contribution in [0, 0.1) is 6.92 Å². The number of piperazine rings is 1. The van der Waals surface area contributed by atoms with Crippen molar-refractivity contribution < 1.29 is 33.4 Å². The Morgan fingerprint density at radius 3 is 2.25 bits per heavy atom. The fraction of sp³-hybridized carbons (Fsp3) is 0.413. The number of nitrogens with zero attached hydrogens (tertiary/aromatic N) is 7. The van der Waals surface area contributed by atoms with Crippen LogP contribution in [-0.4, -0.2) is 126 Å². The first kappa shape index (κ1) is 46.2. The number of fused-ring (bicyclic) bond motifs is 1. The molecule has 0 unspecified atom stereocenters. The maximum absolute atomic E-state index is 13.6. The highest BCUT2D eigenvalue weighted by atomic mass is 16.5. The molecule has 0 bridgehead atoms. The van der Waals surface area contributed by atoms with E-state index in [4.69, 9.17) is 19.2 Å². The first-order valence-electron chi connectivity index (χ1n) is 21.8. The predicted molar refractivity (Wildman–Crippen MR) is 245 cm³/mol. The Hall–Kier alpha value is -6.83. The molecule has 2 aliphatic rings. The minimum atomic E-state index is -0.415. The number of carbonyl (C=O) groups is 4. The number of methoxy groups -OCH3 is 1. The van der Waals surface area contributed by atoms with Gasteiger partial charge in [0.2, 0.25) is 17.8 Å². The van der Waals surface area contributed by atoms with E-state index in [-0.39, 0.29) is 60.9 Å². The number of anilines is 5. The number of carbonyl (C=O) groups excluding carboxylic acids is 4. The number of rotatable bonds is 20. The number of para-hydroxylation sites is 1. The van der Waals surface area contributed by atoms with E-state index < -0.39 is 5.91 Å². The average molecular weight is 890 g/mol. The van der Waals surface area contributed by atoms with Gasteiger partial charge in [0.05, 0.1) is 81.4 Å². The first-order valence-corrected chi connectivity index (χ1v) is 21.8. The van der Waals surface area contributed by atoms with Gasteiger partial charge in [-0.15, -0.1) is 0 Å². The van der Waals surface area contributed by atoms with Crippen LogP contribution in [0.4, 0.5) is 29.0 Å². The van der Waals surface area contributed by atoms with Gasteiger partial charge in [0, 0.05) is 50.3 Å². The summed E-state index contributed by atoms with van der Waals surface area (Å²) < 4.78 is 17.9. The summed E-state index contributed by atoms with van der Waals surface area (Å²) in [5.41, 5.74) is 2.65. The smallest absolute Gasteiger partial charge is 0.263 e. The normalized spacial score (nSPS) is 14.3. The van der Waals surface area contributed by atoms with Crippen molar-refractivity contribution in [2.75, 3.05) is 93.7 Å². The van der Waals surface area contributed by atoms with Gasteiger partial charge in [0.15, 0.2) is 5.78 Å². The van der Waals surface area contributed by atoms with Crippen LogP contribution in [0.5, 0.6) is 5.75 Å². The zero-order valence-corrected chi connectivity index (χ0v) is 36.9. The van der Waals surface area contributed by atoms with Gasteiger partial charge in [0.25, 0.3) is 11.5 Å². The second-order valence-corrected chi connectivity index (χ2v) is 15.8. The molecule has 1 saturated heterocycles. The maximum Gasteiger partial charge on any atom is 0.263 e. The molecule has 4 N–H and O–H groups in total. The lowest BCUT2D eigenvalue weighted by Crippen LogP contribution is -2.49. The number of aryl methyl sites for hydroxylation is 1. The van der Waals surface area contributed by atoms with Crippen LogP contribution in [0.1, 0.15) is 71.3 Å². The van der Waals surface area contributed by atoms with Crippen molar-refractivity contribution in [3.8, 4) is 5.75 Å². The zero-order valence-electron chi connectivity index (χ0n) is 36.9. The number of nitrogens with one attached hydrogen (secondary N) is 4. The van der Waals surface area contributed by atoms with Crippen LogP contribution in [-0.2, 0) is 19.1 Å². The van der Waals surface area contributed by atoms with Gasteiger partial charge in [0.1, 0.15) is 23.0 Å². The largest absolute Gasteiger partial charge is 0.495 e. The Balaban J connectivity index is 0.761. The van der Waals surface area contributed by atoms with E-state index in [1.165, 1.54) is 20.2 Å². The van der Waals surface area contributed by atoms with Crippen LogP contribution in [0.15, 0.2) is 71.9 Å². The van der Waals surface area contributed by atoms with Crippen molar-refractivity contribution in [3.05, 3.63) is 94.2 Å². The van der Waals surface area contributed by atoms with Gasteiger partial charge in [-0.05, 0) is 68.7 Å². The summed E-state index contributed by atoms with van der Waals surface area (Å²) in [7, 11) is 1.53. The van der Waals surface area contributed by atoms with E-state index in [1.807, 2.05) is 12.1 Å². The summed E-state index contributed by atoms with van der Waals surface area (Å²) in [5.74, 6) is 0.728. The van der Waals surface area contributed by atoms with Crippen LogP contribution in [0.2, 0.25) is 0 Å². The number of Topliss-reactive ketones (excluding diaryl/α,β-unsaturated/α-hetero) is 1. The number of hydrogen-bond donors (Lipinski definition) is 4. The second-order valence-electron chi connectivity index (χ2n) is 15.8. The van der Waals surface area contributed by atoms with Gasteiger partial charge in [-0.2, -0.15) is 4.98 Å². The SMILES string of the molecule is COc1ccc(NC(=O)c2ccccc2NC(=O)CCOCCOCCNC(=O)CN2CCN(c3ccc(Nc4ncc5c(C)c(C(C)=O)c(=O)n(C6CCCC6)c5n4)nc3)CC2)nc1. The lowest BCUT2D eigenvalue weighted by molar-refractivity contribution is -0.122. The van der Waals surface area contributed by atoms with E-state index in [2.05, 4.69) is 46.0 Å². The zero-order chi connectivity index (χ0) is 45.7. The lowest BCUT2D eigenvalue weighted by Gasteiger charge is -2.35. The summed E-state index contributed by atoms with van der Waals surface area (Å²) >= 11 is 0. The highest BCUT2D eigenvalue weighted by molar-refractivity contribution is 6.09. The standard InChI is InChI=1S/C46H55N11O8/c1-30-36-28-50-46(54-43(36)57(32-8-4-5-9-32)45(62)42(30)31(2)58)53-39-14-12-33(26-48-39)56-20-18-55(19-21-56)29-41(60)47-17-23-65-25-24-64-22-16-40(59)51-37-11-7-6-10-35(37)44(61)52-38-15-13-34(63-3)27-49-38/h6-7,10-15,26-28,32H,4-5,8-9,16-25,29H2,1-3H3,(H,47,60)(H,51,59)(H,49,52,61)(H,48,50,53,54). The molecule has 342 valence electrons. The third-order valence-electron chi connectivity index (χ3n) is 11.4. The molecule has 3 amide bonds. The molecular weight excluding hydrogens is 835 g/mol. The molecule has 1 aromatic carbocycles. The van der Waals surface area contributed by atoms with Crippen molar-refractivity contribution in [2.24, 2.45) is 0 Å². The maximum atomic E-state index is 13.6. The van der Waals surface area contributed by atoms with Crippen LogP contribution >= 0.6 is 0 Å². The fourth-order valence-electron chi connectivity index (χ4n) is 8.00. The summed E-state index contributed by atoms with van der Waals surface area (Å²) in [6.45, 7) is 7.80. The molecule has 2 fully saturated rings. The van der Waals surface area contributed by atoms with Crippen molar-refractivity contribution in [2.45, 2.75) is 52.0 Å². The molecule has 19 heteroatoms. The Bertz CT molecular complexity index is 2520. The van der Waals surface area contributed by atoms with Crippen molar-refractivity contribution >= 4 is 63.5 Å². The molecule has 1 aliphatic carbocycles. The van der Waals surface area contributed by atoms with Gasteiger partial charge in [-0.3, -0.25) is 33.4 Å². The summed E-state index contributed by atoms with van der Waals surface area (Å²) in [5, 5.41) is 12.3. The van der Waals surface area contributed by atoms with E-state index >= 15 is 0 Å². The molecule has 4 aromatic heterocycles. The fourth-order valence-corrected chi connectivity index (χ4v) is 8.00. The lowest BCUT2D eigenvalue weighted by atomic mass is 10.0. The minimum absolute atomic E-state index is 0.00849. The van der Waals surface area contributed by atoms with Gasteiger partial charge >= 0.3 is 0 Å². The van der Waals surface area contributed by atoms with E-state index in [1.54, 1.807) is 60.3 Å². The summed E-state index contributed by atoms with van der Waals surface area (Å²) in [6.07, 6.45) is 8.83. The second kappa shape index (κ2) is 22.2. The minimum Gasteiger partial charge on any atom is -0.495 e. The quantitative estimate of drug-likeness (QED) is 0.0623. The molecule has 0 spiro atoms. The number of benzene rings is 1. The third-order valence-corrected chi connectivity index (χ3v) is 11.4. The van der Waals surface area contributed by atoms with Gasteiger partial charge in [-0.25, -0.2) is 15.0 Å². The number of ketones is 1. The number of pyridine rings is 3. The Morgan fingerprint density at radius 2 is 1.54 bits per heavy atom. The molecule has 0 atom stereocenters. The molecule has 5 aromatic rings. The van der Waals surface area contributed by atoms with Crippen molar-refractivity contribution in [3.63, 3.8) is 0 Å². The molecule has 1 saturated carbocycles. The van der Waals surface area contributed by atoms with Crippen molar-refractivity contribution in [1.29, 1.82) is 0 Å². The van der Waals surface area contributed by atoms with Crippen molar-refractivity contribution in [1.82, 2.24) is 34.7 Å². The number of aromatic nitrogens is 5. The monoisotopic (exact) mass is 889 g/mol. The molecule has 7 rings (SSSR count). The summed E-state index contributed by atoms with van der Waals surface area (Å²) in [4.78, 5) is 86.5. The highest BCUT2D eigenvalue weighted by Crippen LogP contribution is 2.32. The number of ether oxygens (including phenoxy) is 3. The molecule has 5 heterocycles. The molecule has 0 radical (unpaired) electrons. The Labute approximate surface area is 376 Å². The van der Waals surface area contributed by atoms with Gasteiger partial charge < -0.3 is 40.4 Å². The van der Waals surface area contributed by atoms with E-state index in [0.717, 1.165) is 44.5 Å². The molecule has 65 heavy (non-hydrogen) atoms. The third kappa shape index (κ3) is 12.0. The van der Waals surface area contributed by atoms with Crippen LogP contribution in [0.25, 0.3) is 11.0 Å². The Kier molecular flexibility index (Phi) is 15.8. The highest BCUT2D eigenvalue weighted by Gasteiger charge is 2.26. The number of amides is 3. The van der Waals surface area contributed by atoms with Crippen LogP contribution < -0.4 is 36.5 Å². The molecular formula is C46H55N11O8. The van der Waals surface area contributed by atoms with Gasteiger partial charge in [-0.1, -0.05) is 25.0 Å². The molecule has 1 aliphatic heterocycles.